The molecule has 0 aliphatic heterocycles. The van der Waals surface area contributed by atoms with Crippen molar-refractivity contribution in [3.8, 4) is 11.1 Å². The van der Waals surface area contributed by atoms with Gasteiger partial charge in [-0.2, -0.15) is 5.10 Å². The number of hydrogen-bond donors (Lipinski definition) is 3. The van der Waals surface area contributed by atoms with Gasteiger partial charge in [-0.3, -0.25) is 14.9 Å². The SMILES string of the molecule is Nc1n[nH]c2ccc(-c3ccnc(NC(=O)Cc4cccnc4)c3)cc12. The van der Waals surface area contributed by atoms with Crippen LogP contribution in [0.25, 0.3) is 22.0 Å². The molecule has 7 heteroatoms. The first-order chi connectivity index (χ1) is 12.7. The van der Waals surface area contributed by atoms with E-state index in [2.05, 4.69) is 25.5 Å². The summed E-state index contributed by atoms with van der Waals surface area (Å²) >= 11 is 0. The van der Waals surface area contributed by atoms with E-state index in [9.17, 15) is 4.79 Å². The minimum Gasteiger partial charge on any atom is -0.382 e. The zero-order chi connectivity index (χ0) is 17.9. The van der Waals surface area contributed by atoms with Crippen molar-refractivity contribution in [1.29, 1.82) is 0 Å². The third kappa shape index (κ3) is 3.23. The molecule has 0 aliphatic rings. The number of aromatic nitrogens is 4. The lowest BCUT2D eigenvalue weighted by Crippen LogP contribution is -2.15. The Labute approximate surface area is 149 Å². The highest BCUT2D eigenvalue weighted by Gasteiger charge is 2.08. The number of carbonyl (C=O) groups is 1. The van der Waals surface area contributed by atoms with Crippen LogP contribution in [0.2, 0.25) is 0 Å². The Morgan fingerprint density at radius 3 is 2.85 bits per heavy atom. The van der Waals surface area contributed by atoms with Crippen molar-refractivity contribution in [2.24, 2.45) is 0 Å². The van der Waals surface area contributed by atoms with Gasteiger partial charge in [-0.1, -0.05) is 12.1 Å². The molecular weight excluding hydrogens is 328 g/mol. The van der Waals surface area contributed by atoms with E-state index < -0.39 is 0 Å². The van der Waals surface area contributed by atoms with Gasteiger partial charge in [-0.05, 0) is 47.0 Å². The smallest absolute Gasteiger partial charge is 0.230 e. The van der Waals surface area contributed by atoms with Crippen molar-refractivity contribution < 1.29 is 4.79 Å². The highest BCUT2D eigenvalue weighted by atomic mass is 16.1. The topological polar surface area (TPSA) is 110 Å². The number of amides is 1. The molecule has 0 aliphatic carbocycles. The molecular formula is C19H16N6O. The van der Waals surface area contributed by atoms with Crippen LogP contribution in [-0.2, 0) is 11.2 Å². The lowest BCUT2D eigenvalue weighted by molar-refractivity contribution is -0.115. The molecule has 0 unspecified atom stereocenters. The number of nitrogen functional groups attached to an aromatic ring is 1. The number of rotatable bonds is 4. The van der Waals surface area contributed by atoms with Gasteiger partial charge in [0.05, 0.1) is 11.9 Å². The largest absolute Gasteiger partial charge is 0.382 e. The van der Waals surface area contributed by atoms with Crippen LogP contribution in [0.15, 0.2) is 61.1 Å². The predicted molar refractivity (Wildman–Crippen MR) is 100 cm³/mol. The maximum atomic E-state index is 12.2. The Morgan fingerprint density at radius 1 is 1.12 bits per heavy atom. The highest BCUT2D eigenvalue weighted by molar-refractivity contribution is 5.94. The van der Waals surface area contributed by atoms with Crippen molar-refractivity contribution in [3.63, 3.8) is 0 Å². The second kappa shape index (κ2) is 6.64. The van der Waals surface area contributed by atoms with Crippen molar-refractivity contribution in [1.82, 2.24) is 20.2 Å². The molecule has 0 saturated heterocycles. The second-order valence-corrected chi connectivity index (χ2v) is 5.89. The molecule has 128 valence electrons. The normalized spacial score (nSPS) is 10.8. The first kappa shape index (κ1) is 15.8. The third-order valence-electron chi connectivity index (χ3n) is 4.04. The number of nitrogens with one attached hydrogen (secondary N) is 2. The Bertz CT molecular complexity index is 1070. The van der Waals surface area contributed by atoms with Crippen molar-refractivity contribution >= 4 is 28.4 Å². The summed E-state index contributed by atoms with van der Waals surface area (Å²) in [6.07, 6.45) is 5.26. The van der Waals surface area contributed by atoms with Crippen molar-refractivity contribution in [3.05, 3.63) is 66.6 Å². The van der Waals surface area contributed by atoms with Gasteiger partial charge in [0, 0.05) is 24.0 Å². The first-order valence-corrected chi connectivity index (χ1v) is 8.08. The molecule has 0 bridgehead atoms. The maximum absolute atomic E-state index is 12.2. The van der Waals surface area contributed by atoms with Gasteiger partial charge in [0.25, 0.3) is 0 Å². The van der Waals surface area contributed by atoms with Crippen molar-refractivity contribution in [2.45, 2.75) is 6.42 Å². The Balaban J connectivity index is 1.55. The lowest BCUT2D eigenvalue weighted by atomic mass is 10.0. The van der Waals surface area contributed by atoms with E-state index in [-0.39, 0.29) is 12.3 Å². The van der Waals surface area contributed by atoms with E-state index in [0.717, 1.165) is 27.6 Å². The summed E-state index contributed by atoms with van der Waals surface area (Å²) in [5.74, 6) is 0.815. The first-order valence-electron chi connectivity index (χ1n) is 8.08. The summed E-state index contributed by atoms with van der Waals surface area (Å²) < 4.78 is 0. The van der Waals surface area contributed by atoms with Gasteiger partial charge in [-0.25, -0.2) is 4.98 Å². The van der Waals surface area contributed by atoms with Gasteiger partial charge in [0.15, 0.2) is 5.82 Å². The van der Waals surface area contributed by atoms with Gasteiger partial charge in [0.2, 0.25) is 5.91 Å². The summed E-state index contributed by atoms with van der Waals surface area (Å²) in [7, 11) is 0. The molecule has 1 aromatic carbocycles. The summed E-state index contributed by atoms with van der Waals surface area (Å²) in [5.41, 5.74) is 9.50. The Morgan fingerprint density at radius 2 is 2.00 bits per heavy atom. The molecule has 26 heavy (non-hydrogen) atoms. The van der Waals surface area contributed by atoms with E-state index in [0.29, 0.717) is 11.6 Å². The average molecular weight is 344 g/mol. The zero-order valence-corrected chi connectivity index (χ0v) is 13.8. The molecule has 3 aromatic heterocycles. The predicted octanol–water partition coefficient (Wildman–Crippen LogP) is 2.78. The molecule has 0 fully saturated rings. The van der Waals surface area contributed by atoms with Gasteiger partial charge >= 0.3 is 0 Å². The number of aromatic amines is 1. The fourth-order valence-electron chi connectivity index (χ4n) is 2.77. The van der Waals surface area contributed by atoms with Crippen LogP contribution in [0.4, 0.5) is 11.6 Å². The van der Waals surface area contributed by atoms with Crippen molar-refractivity contribution in [2.75, 3.05) is 11.1 Å². The zero-order valence-electron chi connectivity index (χ0n) is 13.8. The lowest BCUT2D eigenvalue weighted by Gasteiger charge is -2.07. The van der Waals surface area contributed by atoms with Crippen LogP contribution in [0, 0.1) is 0 Å². The molecule has 4 N–H and O–H groups in total. The van der Waals surface area contributed by atoms with Gasteiger partial charge in [-0.15, -0.1) is 0 Å². The number of benzene rings is 1. The van der Waals surface area contributed by atoms with Gasteiger partial charge in [0.1, 0.15) is 5.82 Å². The molecule has 4 aromatic rings. The van der Waals surface area contributed by atoms with E-state index >= 15 is 0 Å². The third-order valence-corrected chi connectivity index (χ3v) is 4.04. The van der Waals surface area contributed by atoms with Crippen LogP contribution in [0.5, 0.6) is 0 Å². The number of hydrogen-bond acceptors (Lipinski definition) is 5. The fourth-order valence-corrected chi connectivity index (χ4v) is 2.77. The molecule has 7 nitrogen and oxygen atoms in total. The standard InChI is InChI=1S/C19H16N6O/c20-19-15-9-13(3-4-16(15)24-25-19)14-5-7-22-17(10-14)23-18(26)8-12-2-1-6-21-11-12/h1-7,9-11H,8H2,(H3,20,24,25)(H,22,23,26). The minimum atomic E-state index is -0.141. The van der Waals surface area contributed by atoms with Crippen LogP contribution in [0.1, 0.15) is 5.56 Å². The summed E-state index contributed by atoms with van der Waals surface area (Å²) in [6, 6.07) is 13.2. The number of fused-ring (bicyclic) bond motifs is 1. The quantitative estimate of drug-likeness (QED) is 0.527. The monoisotopic (exact) mass is 344 g/mol. The summed E-state index contributed by atoms with van der Waals surface area (Å²) in [4.78, 5) is 20.4. The second-order valence-electron chi connectivity index (χ2n) is 5.89. The van der Waals surface area contributed by atoms with E-state index in [1.54, 1.807) is 24.7 Å². The number of nitrogens with zero attached hydrogens (tertiary/aromatic N) is 3. The Hall–Kier alpha value is -3.74. The summed E-state index contributed by atoms with van der Waals surface area (Å²) in [6.45, 7) is 0. The number of carbonyl (C=O) groups excluding carboxylic acids is 1. The molecule has 1 amide bonds. The molecule has 0 saturated carbocycles. The number of anilines is 2. The van der Waals surface area contributed by atoms with Gasteiger partial charge < -0.3 is 11.1 Å². The maximum Gasteiger partial charge on any atom is 0.230 e. The molecule has 4 rings (SSSR count). The van der Waals surface area contributed by atoms with Crippen LogP contribution in [0.3, 0.4) is 0 Å². The van der Waals surface area contributed by atoms with Crippen LogP contribution < -0.4 is 11.1 Å². The number of H-pyrrole nitrogens is 1. The number of nitrogens with two attached hydrogens (primary N) is 1. The van der Waals surface area contributed by atoms with Crippen LogP contribution in [-0.4, -0.2) is 26.1 Å². The average Bonchev–Trinajstić information content (AvgIpc) is 3.03. The fraction of sp³-hybridized carbons (Fsp3) is 0.0526. The molecule has 3 heterocycles. The highest BCUT2D eigenvalue weighted by Crippen LogP contribution is 2.27. The molecule has 0 spiro atoms. The molecule has 0 atom stereocenters. The summed E-state index contributed by atoms with van der Waals surface area (Å²) in [5, 5.41) is 10.6. The number of pyridine rings is 2. The molecule has 0 radical (unpaired) electrons. The van der Waals surface area contributed by atoms with Crippen LogP contribution >= 0.6 is 0 Å². The van der Waals surface area contributed by atoms with E-state index in [4.69, 9.17) is 5.73 Å². The Kier molecular flexibility index (Phi) is 4.03. The minimum absolute atomic E-state index is 0.141. The van der Waals surface area contributed by atoms with E-state index in [1.165, 1.54) is 0 Å². The van der Waals surface area contributed by atoms with E-state index in [1.807, 2.05) is 36.4 Å².